The number of carbonyl (C=O) groups excluding carboxylic acids is 2. The summed E-state index contributed by atoms with van der Waals surface area (Å²) in [6, 6.07) is 19.8. The van der Waals surface area contributed by atoms with Gasteiger partial charge in [0.2, 0.25) is 11.8 Å². The van der Waals surface area contributed by atoms with Gasteiger partial charge in [-0.1, -0.05) is 37.3 Å². The van der Waals surface area contributed by atoms with Crippen LogP contribution in [0.1, 0.15) is 40.9 Å². The third-order valence-electron chi connectivity index (χ3n) is 8.68. The third-order valence-corrected chi connectivity index (χ3v) is 8.68. The molecule has 0 saturated carbocycles. The number of para-hydroxylation sites is 1. The fraction of sp³-hybridized carbons (Fsp3) is 0.361. The number of aliphatic hydroxyl groups excluding tert-OH is 1. The molecule has 10 nitrogen and oxygen atoms in total. The Labute approximate surface area is 269 Å². The number of nitrogens with zero attached hydrogens (tertiary/aromatic N) is 3. The monoisotopic (exact) mass is 626 g/mol. The molecule has 10 heteroatoms. The minimum absolute atomic E-state index is 0.0674. The zero-order valence-electron chi connectivity index (χ0n) is 26.8. The first-order valence-corrected chi connectivity index (χ1v) is 15.6. The number of ether oxygens (including phenoxy) is 1. The van der Waals surface area contributed by atoms with Gasteiger partial charge in [0.15, 0.2) is 0 Å². The second-order valence-corrected chi connectivity index (χ2v) is 12.4. The van der Waals surface area contributed by atoms with Crippen LogP contribution in [0.3, 0.4) is 0 Å². The number of benzene rings is 3. The molecule has 0 spiro atoms. The Morgan fingerprint density at radius 2 is 1.85 bits per heavy atom. The molecule has 0 radical (unpaired) electrons. The molecule has 2 amide bonds. The van der Waals surface area contributed by atoms with Gasteiger partial charge >= 0.3 is 5.97 Å². The van der Waals surface area contributed by atoms with Crippen LogP contribution in [-0.2, 0) is 36.0 Å². The SMILES string of the molecule is C[C@@H]1CN([C@@H](C)CO)C(=O)Cc2cc(NC(=O)Cc3cn(C)c4ccccc34)ccc2O[C@H]1CN(C)Cc1ccc(C(=O)O)cc1. The highest BCUT2D eigenvalue weighted by molar-refractivity contribution is 5.96. The van der Waals surface area contributed by atoms with E-state index in [4.69, 9.17) is 4.74 Å². The summed E-state index contributed by atoms with van der Waals surface area (Å²) in [5.41, 5.74) is 4.44. The Bertz CT molecular complexity index is 1720. The fourth-order valence-electron chi connectivity index (χ4n) is 6.11. The van der Waals surface area contributed by atoms with Crippen molar-refractivity contribution in [3.8, 4) is 5.75 Å². The Morgan fingerprint density at radius 3 is 2.57 bits per heavy atom. The number of carbonyl (C=O) groups is 3. The van der Waals surface area contributed by atoms with Gasteiger partial charge in [0.05, 0.1) is 31.1 Å². The number of likely N-dealkylation sites (N-methyl/N-ethyl adjacent to an activating group) is 1. The number of fused-ring (bicyclic) bond motifs is 2. The lowest BCUT2D eigenvalue weighted by molar-refractivity contribution is -0.134. The van der Waals surface area contributed by atoms with Crippen molar-refractivity contribution in [2.75, 3.05) is 32.1 Å². The van der Waals surface area contributed by atoms with Gasteiger partial charge in [0.1, 0.15) is 11.9 Å². The minimum Gasteiger partial charge on any atom is -0.488 e. The maximum absolute atomic E-state index is 13.6. The van der Waals surface area contributed by atoms with Crippen LogP contribution in [0.5, 0.6) is 5.75 Å². The molecule has 242 valence electrons. The van der Waals surface area contributed by atoms with Gasteiger partial charge in [0, 0.05) is 61.0 Å². The summed E-state index contributed by atoms with van der Waals surface area (Å²) < 4.78 is 8.64. The van der Waals surface area contributed by atoms with E-state index in [9.17, 15) is 24.6 Å². The zero-order valence-corrected chi connectivity index (χ0v) is 26.8. The molecular weight excluding hydrogens is 584 g/mol. The molecule has 1 aliphatic rings. The van der Waals surface area contributed by atoms with Crippen LogP contribution in [0.25, 0.3) is 10.9 Å². The first-order chi connectivity index (χ1) is 22.0. The van der Waals surface area contributed by atoms with Crippen molar-refractivity contribution < 1.29 is 29.3 Å². The van der Waals surface area contributed by atoms with Gasteiger partial charge in [-0.25, -0.2) is 4.79 Å². The lowest BCUT2D eigenvalue weighted by Crippen LogP contribution is -2.47. The number of aromatic nitrogens is 1. The number of hydrogen-bond donors (Lipinski definition) is 3. The van der Waals surface area contributed by atoms with Crippen molar-refractivity contribution in [3.63, 3.8) is 0 Å². The number of nitrogens with one attached hydrogen (secondary N) is 1. The van der Waals surface area contributed by atoms with Crippen molar-refractivity contribution >= 4 is 34.4 Å². The van der Waals surface area contributed by atoms with Crippen molar-refractivity contribution in [2.45, 2.75) is 45.4 Å². The summed E-state index contributed by atoms with van der Waals surface area (Å²) >= 11 is 0. The summed E-state index contributed by atoms with van der Waals surface area (Å²) in [6.45, 7) is 5.24. The van der Waals surface area contributed by atoms with Crippen molar-refractivity contribution in [1.82, 2.24) is 14.4 Å². The molecule has 3 N–H and O–H groups in total. The van der Waals surface area contributed by atoms with E-state index in [1.54, 1.807) is 29.2 Å². The number of hydrogen-bond acceptors (Lipinski definition) is 6. The van der Waals surface area contributed by atoms with Gasteiger partial charge < -0.3 is 29.7 Å². The molecule has 0 bridgehead atoms. The highest BCUT2D eigenvalue weighted by Gasteiger charge is 2.31. The molecule has 46 heavy (non-hydrogen) atoms. The predicted octanol–water partition coefficient (Wildman–Crippen LogP) is 4.34. The van der Waals surface area contributed by atoms with Crippen molar-refractivity contribution in [1.29, 1.82) is 0 Å². The smallest absolute Gasteiger partial charge is 0.335 e. The molecule has 1 aliphatic heterocycles. The number of aromatic carboxylic acids is 1. The van der Waals surface area contributed by atoms with Gasteiger partial charge in [-0.3, -0.25) is 14.5 Å². The van der Waals surface area contributed by atoms with Crippen LogP contribution in [0.2, 0.25) is 0 Å². The molecule has 2 heterocycles. The number of anilines is 1. The summed E-state index contributed by atoms with van der Waals surface area (Å²) in [5, 5.41) is 23.2. The Hall–Kier alpha value is -4.67. The molecule has 0 fully saturated rings. The van der Waals surface area contributed by atoms with Crippen molar-refractivity contribution in [3.05, 3.63) is 95.2 Å². The first-order valence-electron chi connectivity index (χ1n) is 15.6. The number of aliphatic hydroxyl groups is 1. The molecule has 0 saturated heterocycles. The number of carboxylic acid groups (broad SMARTS) is 1. The van der Waals surface area contributed by atoms with E-state index in [0.29, 0.717) is 36.6 Å². The maximum atomic E-state index is 13.6. The van der Waals surface area contributed by atoms with E-state index in [1.807, 2.05) is 81.2 Å². The van der Waals surface area contributed by atoms with Crippen LogP contribution in [0.4, 0.5) is 5.69 Å². The highest BCUT2D eigenvalue weighted by Crippen LogP contribution is 2.30. The van der Waals surface area contributed by atoms with Gasteiger partial charge in [-0.15, -0.1) is 0 Å². The van der Waals surface area contributed by atoms with Crippen LogP contribution < -0.4 is 10.1 Å². The van der Waals surface area contributed by atoms with Gasteiger partial charge in [-0.2, -0.15) is 0 Å². The highest BCUT2D eigenvalue weighted by atomic mass is 16.5. The molecular formula is C36H42N4O6. The fourth-order valence-corrected chi connectivity index (χ4v) is 6.11. The summed E-state index contributed by atoms with van der Waals surface area (Å²) in [6.07, 6.45) is 1.95. The Kier molecular flexibility index (Phi) is 10.1. The topological polar surface area (TPSA) is 124 Å². The molecule has 5 rings (SSSR count). The Morgan fingerprint density at radius 1 is 1.11 bits per heavy atom. The number of rotatable bonds is 10. The zero-order chi connectivity index (χ0) is 33.0. The molecule has 3 atom stereocenters. The number of aryl methyl sites for hydroxylation is 1. The molecule has 3 aromatic carbocycles. The van der Waals surface area contributed by atoms with E-state index < -0.39 is 5.97 Å². The Balaban J connectivity index is 1.36. The van der Waals surface area contributed by atoms with Crippen molar-refractivity contribution in [2.24, 2.45) is 13.0 Å². The predicted molar refractivity (Wildman–Crippen MR) is 177 cm³/mol. The molecule has 4 aromatic rings. The molecule has 0 unspecified atom stereocenters. The average molecular weight is 627 g/mol. The maximum Gasteiger partial charge on any atom is 0.335 e. The summed E-state index contributed by atoms with van der Waals surface area (Å²) in [5.74, 6) is -0.734. The van der Waals surface area contributed by atoms with Crippen LogP contribution >= 0.6 is 0 Å². The second-order valence-electron chi connectivity index (χ2n) is 12.4. The number of carboxylic acids is 1. The van der Waals surface area contributed by atoms with Gasteiger partial charge in [0.25, 0.3) is 0 Å². The normalized spacial score (nSPS) is 17.5. The lowest BCUT2D eigenvalue weighted by Gasteiger charge is -2.34. The van der Waals surface area contributed by atoms with Gasteiger partial charge in [-0.05, 0) is 61.5 Å². The third kappa shape index (κ3) is 7.58. The van der Waals surface area contributed by atoms with Crippen LogP contribution in [0.15, 0.2) is 72.9 Å². The number of amides is 2. The molecule has 1 aromatic heterocycles. The second kappa shape index (κ2) is 14.2. The van der Waals surface area contributed by atoms with E-state index in [-0.39, 0.29) is 54.9 Å². The standard InChI is InChI=1S/C36H42N4O6/c1-23-18-40(24(2)22-41)35(43)17-27-15-29(37-34(42)16-28-20-39(4)31-8-6-5-7-30(28)31)13-14-32(27)46-33(23)21-38(3)19-25-9-11-26(12-10-25)36(44)45/h5-15,20,23-24,33,41H,16-19,21-22H2,1-4H3,(H,37,42)(H,44,45)/t23-,24+,33+/m1/s1. The van der Waals surface area contributed by atoms with E-state index in [2.05, 4.69) is 10.2 Å². The van der Waals surface area contributed by atoms with Crippen LogP contribution in [0, 0.1) is 5.92 Å². The average Bonchev–Trinajstić information content (AvgIpc) is 3.36. The first kappa shape index (κ1) is 32.7. The minimum atomic E-state index is -0.963. The van der Waals surface area contributed by atoms with E-state index in [0.717, 1.165) is 22.0 Å². The van der Waals surface area contributed by atoms with E-state index in [1.165, 1.54) is 0 Å². The summed E-state index contributed by atoms with van der Waals surface area (Å²) in [7, 11) is 3.94. The molecule has 0 aliphatic carbocycles. The quantitative estimate of drug-likeness (QED) is 0.239. The largest absolute Gasteiger partial charge is 0.488 e. The lowest BCUT2D eigenvalue weighted by atomic mass is 10.0. The van der Waals surface area contributed by atoms with Crippen LogP contribution in [-0.4, -0.2) is 81.3 Å². The van der Waals surface area contributed by atoms with E-state index >= 15 is 0 Å². The summed E-state index contributed by atoms with van der Waals surface area (Å²) in [4.78, 5) is 41.8.